The maximum absolute atomic E-state index is 11.1. The fraction of sp³-hybridized carbons (Fsp3) is 0.538. The molecule has 18 heavy (non-hydrogen) atoms. The van der Waals surface area contributed by atoms with Crippen LogP contribution in [0.4, 0.5) is 5.69 Å². The summed E-state index contributed by atoms with van der Waals surface area (Å²) in [5.41, 5.74) is 0.905. The van der Waals surface area contributed by atoms with Crippen molar-refractivity contribution >= 4 is 15.7 Å². The molecule has 0 aliphatic rings. The molecule has 0 amide bonds. The number of benzene rings is 1. The molecule has 1 aromatic rings. The molecule has 0 fully saturated rings. The Hall–Kier alpha value is -1.07. The van der Waals surface area contributed by atoms with E-state index in [4.69, 9.17) is 5.14 Å². The Labute approximate surface area is 110 Å². The number of hydrogen-bond donors (Lipinski definition) is 2. The van der Waals surface area contributed by atoms with Gasteiger partial charge >= 0.3 is 0 Å². The van der Waals surface area contributed by atoms with Crippen molar-refractivity contribution in [2.45, 2.75) is 50.5 Å². The molecule has 0 saturated carbocycles. The molecule has 4 nitrogen and oxygen atoms in total. The van der Waals surface area contributed by atoms with E-state index in [0.717, 1.165) is 24.9 Å². The lowest BCUT2D eigenvalue weighted by molar-refractivity contribution is 0.493. The van der Waals surface area contributed by atoms with E-state index in [2.05, 4.69) is 26.1 Å². The van der Waals surface area contributed by atoms with Crippen LogP contribution in [0.3, 0.4) is 0 Å². The van der Waals surface area contributed by atoms with Crippen molar-refractivity contribution < 1.29 is 8.42 Å². The van der Waals surface area contributed by atoms with E-state index >= 15 is 0 Å². The zero-order chi connectivity index (χ0) is 13.8. The van der Waals surface area contributed by atoms with Crippen LogP contribution in [0.2, 0.25) is 0 Å². The Morgan fingerprint density at radius 2 is 1.78 bits per heavy atom. The van der Waals surface area contributed by atoms with Crippen LogP contribution in [0.25, 0.3) is 0 Å². The van der Waals surface area contributed by atoms with Gasteiger partial charge in [0.1, 0.15) is 0 Å². The third-order valence-electron chi connectivity index (χ3n) is 2.82. The highest BCUT2D eigenvalue weighted by Gasteiger charge is 2.16. The van der Waals surface area contributed by atoms with Crippen molar-refractivity contribution in [3.63, 3.8) is 0 Å². The molecular formula is C13H22N2O2S. The monoisotopic (exact) mass is 270 g/mol. The summed E-state index contributed by atoms with van der Waals surface area (Å²) in [4.78, 5) is 0.138. The van der Waals surface area contributed by atoms with Crippen LogP contribution in [-0.2, 0) is 10.0 Å². The standard InChI is InChI=1S/C13H22N2O2S/c1-4-5-10-13(2,3)15-11-6-8-12(9-7-11)18(14,16)17/h6-9,15H,4-5,10H2,1-3H3,(H2,14,16,17). The lowest BCUT2D eigenvalue weighted by Gasteiger charge is -2.27. The van der Waals surface area contributed by atoms with Crippen LogP contribution in [0.15, 0.2) is 29.2 Å². The molecule has 0 heterocycles. The van der Waals surface area contributed by atoms with Gasteiger partial charge in [-0.3, -0.25) is 0 Å². The van der Waals surface area contributed by atoms with E-state index in [9.17, 15) is 8.42 Å². The number of nitrogens with two attached hydrogens (primary N) is 1. The van der Waals surface area contributed by atoms with Gasteiger partial charge in [0.25, 0.3) is 0 Å². The number of anilines is 1. The highest BCUT2D eigenvalue weighted by Crippen LogP contribution is 2.21. The van der Waals surface area contributed by atoms with E-state index in [1.54, 1.807) is 12.1 Å². The third kappa shape index (κ3) is 4.66. The normalized spacial score (nSPS) is 12.4. The average Bonchev–Trinajstić information content (AvgIpc) is 2.25. The number of unbranched alkanes of at least 4 members (excludes halogenated alkanes) is 1. The Bertz CT molecular complexity index is 478. The molecule has 0 aliphatic heterocycles. The summed E-state index contributed by atoms with van der Waals surface area (Å²) in [7, 11) is -3.61. The molecule has 0 saturated heterocycles. The van der Waals surface area contributed by atoms with Gasteiger partial charge in [-0.05, 0) is 44.5 Å². The first-order valence-corrected chi connectivity index (χ1v) is 7.70. The van der Waals surface area contributed by atoms with Crippen molar-refractivity contribution in [2.24, 2.45) is 5.14 Å². The second kappa shape index (κ2) is 5.71. The zero-order valence-electron chi connectivity index (χ0n) is 11.2. The van der Waals surface area contributed by atoms with Crippen LogP contribution in [0.1, 0.15) is 40.0 Å². The van der Waals surface area contributed by atoms with E-state index in [1.165, 1.54) is 12.1 Å². The molecule has 0 spiro atoms. The van der Waals surface area contributed by atoms with E-state index in [0.29, 0.717) is 0 Å². The molecule has 5 heteroatoms. The zero-order valence-corrected chi connectivity index (χ0v) is 12.0. The van der Waals surface area contributed by atoms with Gasteiger partial charge in [-0.1, -0.05) is 19.8 Å². The lowest BCUT2D eigenvalue weighted by atomic mass is 9.97. The van der Waals surface area contributed by atoms with Gasteiger partial charge in [-0.15, -0.1) is 0 Å². The molecule has 1 aromatic carbocycles. The van der Waals surface area contributed by atoms with Crippen LogP contribution in [-0.4, -0.2) is 14.0 Å². The summed E-state index contributed by atoms with van der Waals surface area (Å²) in [6.45, 7) is 6.43. The lowest BCUT2D eigenvalue weighted by Crippen LogP contribution is -2.30. The fourth-order valence-corrected chi connectivity index (χ4v) is 2.32. The number of primary sulfonamides is 1. The van der Waals surface area contributed by atoms with Crippen LogP contribution >= 0.6 is 0 Å². The second-order valence-electron chi connectivity index (χ2n) is 5.18. The van der Waals surface area contributed by atoms with Gasteiger partial charge < -0.3 is 5.32 Å². The molecule has 1 rings (SSSR count). The van der Waals surface area contributed by atoms with Gasteiger partial charge in [0.2, 0.25) is 10.0 Å². The van der Waals surface area contributed by atoms with Crippen molar-refractivity contribution in [3.8, 4) is 0 Å². The highest BCUT2D eigenvalue weighted by molar-refractivity contribution is 7.89. The predicted octanol–water partition coefficient (Wildman–Crippen LogP) is 2.71. The van der Waals surface area contributed by atoms with Crippen molar-refractivity contribution in [3.05, 3.63) is 24.3 Å². The fourth-order valence-electron chi connectivity index (χ4n) is 1.80. The van der Waals surface area contributed by atoms with Crippen LogP contribution < -0.4 is 10.5 Å². The molecule has 3 N–H and O–H groups in total. The van der Waals surface area contributed by atoms with E-state index in [-0.39, 0.29) is 10.4 Å². The van der Waals surface area contributed by atoms with Crippen LogP contribution in [0, 0.1) is 0 Å². The average molecular weight is 270 g/mol. The Morgan fingerprint density at radius 3 is 2.22 bits per heavy atom. The molecule has 0 atom stereocenters. The SMILES string of the molecule is CCCCC(C)(C)Nc1ccc(S(N)(=O)=O)cc1. The minimum atomic E-state index is -3.61. The van der Waals surface area contributed by atoms with Gasteiger partial charge in [0.05, 0.1) is 4.90 Å². The van der Waals surface area contributed by atoms with Gasteiger partial charge in [-0.2, -0.15) is 0 Å². The summed E-state index contributed by atoms with van der Waals surface area (Å²) in [5.74, 6) is 0. The van der Waals surface area contributed by atoms with Crippen molar-refractivity contribution in [1.82, 2.24) is 0 Å². The Balaban J connectivity index is 2.75. The Morgan fingerprint density at radius 1 is 1.22 bits per heavy atom. The van der Waals surface area contributed by atoms with E-state index < -0.39 is 10.0 Å². The first-order valence-electron chi connectivity index (χ1n) is 6.16. The number of sulfonamides is 1. The maximum Gasteiger partial charge on any atom is 0.238 e. The first-order chi connectivity index (χ1) is 8.24. The number of nitrogens with one attached hydrogen (secondary N) is 1. The molecule has 0 bridgehead atoms. The summed E-state index contributed by atoms with van der Waals surface area (Å²) < 4.78 is 22.3. The minimum absolute atomic E-state index is 0.000877. The van der Waals surface area contributed by atoms with Gasteiger partial charge in [0.15, 0.2) is 0 Å². The summed E-state index contributed by atoms with van der Waals surface area (Å²) in [6.07, 6.45) is 3.39. The third-order valence-corrected chi connectivity index (χ3v) is 3.75. The predicted molar refractivity (Wildman–Crippen MR) is 75.0 cm³/mol. The topological polar surface area (TPSA) is 72.2 Å². The highest BCUT2D eigenvalue weighted by atomic mass is 32.2. The quantitative estimate of drug-likeness (QED) is 0.834. The molecule has 0 aromatic heterocycles. The van der Waals surface area contributed by atoms with E-state index in [1.807, 2.05) is 0 Å². The summed E-state index contributed by atoms with van der Waals surface area (Å²) in [6, 6.07) is 6.53. The van der Waals surface area contributed by atoms with Gasteiger partial charge in [0, 0.05) is 11.2 Å². The van der Waals surface area contributed by atoms with Crippen molar-refractivity contribution in [2.75, 3.05) is 5.32 Å². The maximum atomic E-state index is 11.1. The van der Waals surface area contributed by atoms with Crippen LogP contribution in [0.5, 0.6) is 0 Å². The molecule has 0 unspecified atom stereocenters. The second-order valence-corrected chi connectivity index (χ2v) is 6.74. The molecule has 0 radical (unpaired) electrons. The molecular weight excluding hydrogens is 248 g/mol. The Kier molecular flexibility index (Phi) is 4.76. The first kappa shape index (κ1) is 15.0. The number of hydrogen-bond acceptors (Lipinski definition) is 3. The molecule has 0 aliphatic carbocycles. The minimum Gasteiger partial charge on any atom is -0.380 e. The summed E-state index contributed by atoms with van der Waals surface area (Å²) >= 11 is 0. The summed E-state index contributed by atoms with van der Waals surface area (Å²) in [5, 5.41) is 8.45. The van der Waals surface area contributed by atoms with Gasteiger partial charge in [-0.25, -0.2) is 13.6 Å². The largest absolute Gasteiger partial charge is 0.380 e. The number of rotatable bonds is 6. The molecule has 102 valence electrons. The smallest absolute Gasteiger partial charge is 0.238 e. The van der Waals surface area contributed by atoms with Crippen molar-refractivity contribution in [1.29, 1.82) is 0 Å².